The summed E-state index contributed by atoms with van der Waals surface area (Å²) in [6, 6.07) is 6.38. The largest absolute Gasteiger partial charge is 0.382 e. The van der Waals surface area contributed by atoms with Crippen molar-refractivity contribution in [1.82, 2.24) is 5.32 Å². The van der Waals surface area contributed by atoms with Gasteiger partial charge in [0.2, 0.25) is 5.91 Å². The van der Waals surface area contributed by atoms with Gasteiger partial charge in [0.15, 0.2) is 0 Å². The third kappa shape index (κ3) is 3.19. The van der Waals surface area contributed by atoms with Crippen molar-refractivity contribution in [3.05, 3.63) is 34.4 Å². The van der Waals surface area contributed by atoms with Crippen LogP contribution in [-0.4, -0.2) is 23.4 Å². The average molecular weight is 249 g/mol. The van der Waals surface area contributed by atoms with Crippen molar-refractivity contribution in [1.29, 1.82) is 0 Å². The summed E-state index contributed by atoms with van der Waals surface area (Å²) in [5, 5.41) is 16.7. The third-order valence-electron chi connectivity index (χ3n) is 2.91. The van der Waals surface area contributed by atoms with E-state index in [1.54, 1.807) is 12.1 Å². The molecule has 2 rings (SSSR count). The maximum absolute atomic E-state index is 11.4. The highest BCUT2D eigenvalue weighted by Gasteiger charge is 2.17. The minimum Gasteiger partial charge on any atom is -0.382 e. The highest BCUT2D eigenvalue weighted by molar-refractivity contribution is 5.77. The summed E-state index contributed by atoms with van der Waals surface area (Å²) in [4.78, 5) is 21.6. The Bertz CT molecular complexity index is 462. The van der Waals surface area contributed by atoms with Gasteiger partial charge in [0.1, 0.15) is 0 Å². The smallest absolute Gasteiger partial charge is 0.271 e. The van der Waals surface area contributed by atoms with Gasteiger partial charge in [-0.25, -0.2) is 0 Å². The number of non-ortho nitro benzene ring substituents is 1. The second-order valence-electron chi connectivity index (χ2n) is 4.35. The molecule has 6 heteroatoms. The van der Waals surface area contributed by atoms with E-state index in [0.29, 0.717) is 18.7 Å². The third-order valence-corrected chi connectivity index (χ3v) is 2.91. The van der Waals surface area contributed by atoms with Crippen molar-refractivity contribution < 1.29 is 9.72 Å². The molecule has 1 aromatic rings. The standard InChI is InChI=1S/C12H15N3O3/c16-12-8-10(4-2-6-13-12)14-9-3-1-5-11(7-9)15(17)18/h1,3,5,7,10,14H,2,4,6,8H2,(H,13,16). The van der Waals surface area contributed by atoms with Crippen LogP contribution in [0.3, 0.4) is 0 Å². The van der Waals surface area contributed by atoms with E-state index in [0.717, 1.165) is 12.8 Å². The van der Waals surface area contributed by atoms with Crippen molar-refractivity contribution in [2.75, 3.05) is 11.9 Å². The Morgan fingerprint density at radius 2 is 2.28 bits per heavy atom. The highest BCUT2D eigenvalue weighted by atomic mass is 16.6. The topological polar surface area (TPSA) is 84.3 Å². The van der Waals surface area contributed by atoms with Crippen molar-refractivity contribution >= 4 is 17.3 Å². The normalized spacial score (nSPS) is 19.8. The van der Waals surface area contributed by atoms with E-state index >= 15 is 0 Å². The fraction of sp³-hybridized carbons (Fsp3) is 0.417. The van der Waals surface area contributed by atoms with E-state index in [9.17, 15) is 14.9 Å². The molecule has 1 amide bonds. The maximum Gasteiger partial charge on any atom is 0.271 e. The number of hydrogen-bond donors (Lipinski definition) is 2. The number of anilines is 1. The predicted octanol–water partition coefficient (Wildman–Crippen LogP) is 1.68. The number of amides is 1. The molecule has 18 heavy (non-hydrogen) atoms. The lowest BCUT2D eigenvalue weighted by Crippen LogP contribution is -2.26. The molecule has 0 spiro atoms. The van der Waals surface area contributed by atoms with Gasteiger partial charge in [0.25, 0.3) is 5.69 Å². The van der Waals surface area contributed by atoms with Gasteiger partial charge < -0.3 is 10.6 Å². The van der Waals surface area contributed by atoms with Crippen LogP contribution in [0.2, 0.25) is 0 Å². The first-order valence-corrected chi connectivity index (χ1v) is 5.93. The van der Waals surface area contributed by atoms with Crippen LogP contribution >= 0.6 is 0 Å². The lowest BCUT2D eigenvalue weighted by atomic mass is 10.1. The van der Waals surface area contributed by atoms with Gasteiger partial charge in [-0.05, 0) is 18.9 Å². The van der Waals surface area contributed by atoms with Gasteiger partial charge >= 0.3 is 0 Å². The first kappa shape index (κ1) is 12.3. The summed E-state index contributed by atoms with van der Waals surface area (Å²) >= 11 is 0. The summed E-state index contributed by atoms with van der Waals surface area (Å²) in [5.41, 5.74) is 0.738. The second kappa shape index (κ2) is 5.48. The van der Waals surface area contributed by atoms with Gasteiger partial charge in [-0.2, -0.15) is 0 Å². The van der Waals surface area contributed by atoms with Crippen molar-refractivity contribution in [2.45, 2.75) is 25.3 Å². The van der Waals surface area contributed by atoms with E-state index in [1.165, 1.54) is 12.1 Å². The number of carbonyl (C=O) groups excluding carboxylic acids is 1. The molecule has 1 aliphatic rings. The zero-order valence-electron chi connectivity index (χ0n) is 9.89. The van der Waals surface area contributed by atoms with Crippen molar-refractivity contribution in [2.24, 2.45) is 0 Å². The zero-order valence-corrected chi connectivity index (χ0v) is 9.89. The van der Waals surface area contributed by atoms with Gasteiger partial charge in [-0.3, -0.25) is 14.9 Å². The molecule has 0 radical (unpaired) electrons. The number of nitrogens with zero attached hydrogens (tertiary/aromatic N) is 1. The summed E-state index contributed by atoms with van der Waals surface area (Å²) in [5.74, 6) is 0.0235. The van der Waals surface area contributed by atoms with Crippen LogP contribution in [0.4, 0.5) is 11.4 Å². The van der Waals surface area contributed by atoms with Crippen LogP contribution in [0.1, 0.15) is 19.3 Å². The number of nitro groups is 1. The van der Waals surface area contributed by atoms with Gasteiger partial charge in [0, 0.05) is 36.8 Å². The molecule has 1 atom stereocenters. The molecule has 1 saturated heterocycles. The minimum atomic E-state index is -0.426. The molecule has 1 aliphatic heterocycles. The van der Waals surface area contributed by atoms with Gasteiger partial charge in [-0.15, -0.1) is 0 Å². The molecule has 0 aromatic heterocycles. The Morgan fingerprint density at radius 1 is 1.44 bits per heavy atom. The first-order chi connectivity index (χ1) is 8.65. The summed E-state index contributed by atoms with van der Waals surface area (Å²) in [7, 11) is 0. The lowest BCUT2D eigenvalue weighted by molar-refractivity contribution is -0.384. The Kier molecular flexibility index (Phi) is 3.76. The van der Waals surface area contributed by atoms with Gasteiger partial charge in [-0.1, -0.05) is 6.07 Å². The molecule has 0 saturated carbocycles. The van der Waals surface area contributed by atoms with E-state index in [4.69, 9.17) is 0 Å². The van der Waals surface area contributed by atoms with Crippen LogP contribution in [0.25, 0.3) is 0 Å². The molecule has 6 nitrogen and oxygen atoms in total. The quantitative estimate of drug-likeness (QED) is 0.630. The Hall–Kier alpha value is -2.11. The Morgan fingerprint density at radius 3 is 3.06 bits per heavy atom. The molecule has 1 heterocycles. The van der Waals surface area contributed by atoms with E-state index in [2.05, 4.69) is 10.6 Å². The summed E-state index contributed by atoms with van der Waals surface area (Å²) < 4.78 is 0. The molecule has 0 aliphatic carbocycles. The van der Waals surface area contributed by atoms with Crippen LogP contribution in [-0.2, 0) is 4.79 Å². The second-order valence-corrected chi connectivity index (χ2v) is 4.35. The van der Waals surface area contributed by atoms with Crippen LogP contribution < -0.4 is 10.6 Å². The van der Waals surface area contributed by atoms with Crippen LogP contribution in [0.5, 0.6) is 0 Å². The fourth-order valence-corrected chi connectivity index (χ4v) is 2.04. The maximum atomic E-state index is 11.4. The van der Waals surface area contributed by atoms with Crippen LogP contribution in [0, 0.1) is 10.1 Å². The highest BCUT2D eigenvalue weighted by Crippen LogP contribution is 2.20. The van der Waals surface area contributed by atoms with E-state index < -0.39 is 4.92 Å². The molecule has 2 N–H and O–H groups in total. The number of hydrogen-bond acceptors (Lipinski definition) is 4. The van der Waals surface area contributed by atoms with E-state index in [1.807, 2.05) is 0 Å². The molecule has 1 unspecified atom stereocenters. The molecule has 1 fully saturated rings. The average Bonchev–Trinajstić information content (AvgIpc) is 2.54. The monoisotopic (exact) mass is 249 g/mol. The fourth-order valence-electron chi connectivity index (χ4n) is 2.04. The van der Waals surface area contributed by atoms with Crippen LogP contribution in [0.15, 0.2) is 24.3 Å². The Labute approximate surface area is 105 Å². The number of nitrogens with one attached hydrogen (secondary N) is 2. The van der Waals surface area contributed by atoms with E-state index in [-0.39, 0.29) is 17.6 Å². The van der Waals surface area contributed by atoms with Crippen molar-refractivity contribution in [3.63, 3.8) is 0 Å². The number of rotatable bonds is 3. The molecular formula is C12H15N3O3. The van der Waals surface area contributed by atoms with Crippen molar-refractivity contribution in [3.8, 4) is 0 Å². The molecule has 0 bridgehead atoms. The Balaban J connectivity index is 2.05. The zero-order chi connectivity index (χ0) is 13.0. The van der Waals surface area contributed by atoms with Gasteiger partial charge in [0.05, 0.1) is 4.92 Å². The summed E-state index contributed by atoms with van der Waals surface area (Å²) in [6.07, 6.45) is 2.20. The molecule has 1 aromatic carbocycles. The number of benzene rings is 1. The summed E-state index contributed by atoms with van der Waals surface area (Å²) in [6.45, 7) is 0.700. The predicted molar refractivity (Wildman–Crippen MR) is 67.4 cm³/mol. The molecule has 96 valence electrons. The minimum absolute atomic E-state index is 0.0235. The number of nitro benzene ring substituents is 1. The SMILES string of the molecule is O=C1CC(Nc2cccc([N+](=O)[O-])c2)CCCN1. The molecular weight excluding hydrogens is 234 g/mol. The first-order valence-electron chi connectivity index (χ1n) is 5.93. The number of carbonyl (C=O) groups is 1. The lowest BCUT2D eigenvalue weighted by Gasteiger charge is -2.16.